The second kappa shape index (κ2) is 17.6. The molecule has 1 aromatic heterocycles. The van der Waals surface area contributed by atoms with E-state index in [1.54, 1.807) is 41.8 Å². The molecule has 4 aliphatic rings. The molecule has 59 heavy (non-hydrogen) atoms. The Balaban J connectivity index is 0.971. The van der Waals surface area contributed by atoms with Crippen LogP contribution in [-0.2, 0) is 42.9 Å². The van der Waals surface area contributed by atoms with Gasteiger partial charge < -0.3 is 9.64 Å². The highest BCUT2D eigenvalue weighted by Gasteiger charge is 2.53. The number of ketones is 1. The predicted molar refractivity (Wildman–Crippen MR) is 205 cm³/mol. The number of rotatable bonds is 12. The maximum Gasteiger partial charge on any atom is 0.419 e. The fourth-order valence-corrected chi connectivity index (χ4v) is 9.09. The Labute approximate surface area is 342 Å². The van der Waals surface area contributed by atoms with Crippen molar-refractivity contribution < 1.29 is 50.3 Å². The van der Waals surface area contributed by atoms with E-state index in [0.717, 1.165) is 16.7 Å². The van der Waals surface area contributed by atoms with Gasteiger partial charge in [-0.05, 0) is 81.8 Å². The van der Waals surface area contributed by atoms with Crippen LogP contribution in [-0.4, -0.2) is 118 Å². The van der Waals surface area contributed by atoms with Gasteiger partial charge in [0.2, 0.25) is 11.8 Å². The molecule has 6 rings (SSSR count). The molecule has 19 heteroatoms. The van der Waals surface area contributed by atoms with Gasteiger partial charge in [0.1, 0.15) is 17.6 Å². The van der Waals surface area contributed by atoms with Gasteiger partial charge >= 0.3 is 12.4 Å². The van der Waals surface area contributed by atoms with Gasteiger partial charge in [0.15, 0.2) is 16.6 Å². The smallest absolute Gasteiger partial charge is 0.377 e. The van der Waals surface area contributed by atoms with Gasteiger partial charge in [0, 0.05) is 51.0 Å². The number of piperazine rings is 1. The fraction of sp³-hybridized carbons (Fsp3) is 0.575. The minimum atomic E-state index is -4.87. The molecule has 0 spiro atoms. The number of pyridine rings is 1. The van der Waals surface area contributed by atoms with Crippen molar-refractivity contribution in [1.82, 2.24) is 25.0 Å². The second-order valence-corrected chi connectivity index (χ2v) is 16.4. The van der Waals surface area contributed by atoms with Crippen molar-refractivity contribution in [1.29, 1.82) is 5.26 Å². The number of ether oxygens (including phenoxy) is 1. The summed E-state index contributed by atoms with van der Waals surface area (Å²) in [5.41, 5.74) is -2.02. The Hall–Kier alpha value is -4.51. The van der Waals surface area contributed by atoms with E-state index in [1.165, 1.54) is 11.0 Å². The minimum Gasteiger partial charge on any atom is -0.377 e. The maximum atomic E-state index is 14.3. The highest BCUT2D eigenvalue weighted by Crippen LogP contribution is 2.40. The Morgan fingerprint density at radius 1 is 1.03 bits per heavy atom. The monoisotopic (exact) mass is 849 g/mol. The lowest BCUT2D eigenvalue weighted by molar-refractivity contribution is -0.197. The van der Waals surface area contributed by atoms with Crippen LogP contribution in [0.1, 0.15) is 74.8 Å². The number of benzene rings is 1. The number of carbonyl (C=O) groups excluding carboxylic acids is 4. The molecule has 4 fully saturated rings. The number of nitrogens with one attached hydrogen (secondary N) is 1. The van der Waals surface area contributed by atoms with E-state index in [0.29, 0.717) is 56.7 Å². The molecule has 1 unspecified atom stereocenters. The highest BCUT2D eigenvalue weighted by molar-refractivity contribution is 7.80. The summed E-state index contributed by atoms with van der Waals surface area (Å²) in [4.78, 5) is 59.6. The first-order valence-electron chi connectivity index (χ1n) is 19.5. The van der Waals surface area contributed by atoms with E-state index in [9.17, 15) is 45.5 Å². The Bertz CT molecular complexity index is 2000. The number of hydrogen-bond acceptors (Lipinski definition) is 10. The van der Waals surface area contributed by atoms with Crippen molar-refractivity contribution in [3.05, 3.63) is 58.9 Å². The number of imide groups is 1. The number of amides is 3. The first-order chi connectivity index (χ1) is 27.8. The van der Waals surface area contributed by atoms with Gasteiger partial charge in [-0.25, -0.2) is 4.98 Å². The van der Waals surface area contributed by atoms with Gasteiger partial charge in [0.25, 0.3) is 5.91 Å². The predicted octanol–water partition coefficient (Wildman–Crippen LogP) is 4.97. The van der Waals surface area contributed by atoms with E-state index in [-0.39, 0.29) is 92.1 Å². The lowest BCUT2D eigenvalue weighted by atomic mass is 9.89. The molecule has 12 nitrogen and oxygen atoms in total. The zero-order valence-corrected chi connectivity index (χ0v) is 33.4. The summed E-state index contributed by atoms with van der Waals surface area (Å²) in [5, 5.41) is 11.5. The van der Waals surface area contributed by atoms with Crippen LogP contribution in [0, 0.1) is 17.2 Å². The van der Waals surface area contributed by atoms with Gasteiger partial charge in [-0.3, -0.25) is 39.2 Å². The van der Waals surface area contributed by atoms with Crippen LogP contribution in [0.5, 0.6) is 0 Å². The number of anilines is 1. The SMILES string of the molecule is CC1(C)C(=O)N(c2cnc(C#N)c(C(F)(F)F)c2)C(=S)N1C1CCC(OCCN2CCN(CC(=O)Cc3cccc(CC4CCC(=O)NC4=O)c3)[C@@H](C(F)(F)F)C2)CC1. The summed E-state index contributed by atoms with van der Waals surface area (Å²) in [6, 6.07) is 7.11. The zero-order chi connectivity index (χ0) is 42.9. The normalized spacial score (nSPS) is 24.7. The molecule has 0 radical (unpaired) electrons. The van der Waals surface area contributed by atoms with E-state index in [4.69, 9.17) is 22.2 Å². The van der Waals surface area contributed by atoms with Crippen molar-refractivity contribution in [3.63, 3.8) is 0 Å². The first-order valence-corrected chi connectivity index (χ1v) is 19.9. The molecule has 2 aromatic rings. The van der Waals surface area contributed by atoms with Crippen LogP contribution >= 0.6 is 12.2 Å². The Morgan fingerprint density at radius 2 is 1.75 bits per heavy atom. The van der Waals surface area contributed by atoms with Crippen molar-refractivity contribution in [2.45, 2.75) is 101 Å². The number of aromatic nitrogens is 1. The zero-order valence-electron chi connectivity index (χ0n) is 32.6. The molecule has 0 bridgehead atoms. The van der Waals surface area contributed by atoms with Gasteiger partial charge in [-0.15, -0.1) is 0 Å². The Morgan fingerprint density at radius 3 is 2.41 bits per heavy atom. The van der Waals surface area contributed by atoms with Crippen molar-refractivity contribution >= 4 is 46.5 Å². The van der Waals surface area contributed by atoms with Crippen LogP contribution in [0.25, 0.3) is 0 Å². The van der Waals surface area contributed by atoms with Gasteiger partial charge in [0.05, 0.1) is 36.7 Å². The molecule has 3 aliphatic heterocycles. The van der Waals surface area contributed by atoms with E-state index in [1.807, 2.05) is 6.07 Å². The average Bonchev–Trinajstić information content (AvgIpc) is 3.34. The van der Waals surface area contributed by atoms with E-state index < -0.39 is 41.1 Å². The van der Waals surface area contributed by atoms with Crippen LogP contribution in [0.15, 0.2) is 36.5 Å². The second-order valence-electron chi connectivity index (χ2n) is 16.1. The molecule has 1 saturated carbocycles. The third kappa shape index (κ3) is 10.1. The van der Waals surface area contributed by atoms with Crippen LogP contribution in [0.3, 0.4) is 0 Å². The lowest BCUT2D eigenvalue weighted by Gasteiger charge is -2.42. The molecule has 318 valence electrons. The number of carbonyl (C=O) groups is 4. The van der Waals surface area contributed by atoms with Crippen LogP contribution in [0.4, 0.5) is 32.0 Å². The highest BCUT2D eigenvalue weighted by atomic mass is 32.1. The quantitative estimate of drug-likeness (QED) is 0.176. The molecule has 4 heterocycles. The number of thiocarbonyl (C=S) groups is 1. The van der Waals surface area contributed by atoms with Gasteiger partial charge in [-0.1, -0.05) is 24.3 Å². The molecular weight excluding hydrogens is 805 g/mol. The van der Waals surface area contributed by atoms with E-state index >= 15 is 0 Å². The number of piperidine rings is 1. The standard InChI is InChI=1S/C40H45F6N7O5S/c1-38(2)36(57)52(28-19-31(39(41,42)43)32(20-47)48-21-28)37(59)53(38)27-7-9-30(10-8-27)58-15-14-50-12-13-51(33(23-50)40(44,45)46)22-29(54)18-25-5-3-4-24(16-25)17-26-6-11-34(55)49-35(26)56/h3-5,16,19,21,26-27,30,33H,6-15,17-18,22-23H2,1-2H3,(H,49,55,56)/t26?,27?,30?,33-/m1/s1. The summed E-state index contributed by atoms with van der Waals surface area (Å²) in [6.45, 7) is 3.37. The topological polar surface area (TPSA) is 139 Å². The number of hydrogen-bond donors (Lipinski definition) is 1. The summed E-state index contributed by atoms with van der Waals surface area (Å²) < 4.78 is 90.1. The largest absolute Gasteiger partial charge is 0.419 e. The summed E-state index contributed by atoms with van der Waals surface area (Å²) in [5.74, 6) is -1.91. The lowest BCUT2D eigenvalue weighted by Crippen LogP contribution is -2.60. The average molecular weight is 850 g/mol. The third-order valence-corrected chi connectivity index (χ3v) is 12.0. The van der Waals surface area contributed by atoms with Gasteiger partial charge in [-0.2, -0.15) is 31.6 Å². The first kappa shape index (κ1) is 44.1. The number of Topliss-reactive ketones (excluding diaryl/α,β-unsaturated/α-hetero) is 1. The van der Waals surface area contributed by atoms with E-state index in [2.05, 4.69) is 10.3 Å². The van der Waals surface area contributed by atoms with Crippen LogP contribution < -0.4 is 10.2 Å². The molecule has 3 saturated heterocycles. The summed E-state index contributed by atoms with van der Waals surface area (Å²) >= 11 is 5.65. The number of nitriles is 1. The molecule has 1 aromatic carbocycles. The number of halogens is 6. The minimum absolute atomic E-state index is 0.0281. The van der Waals surface area contributed by atoms with Crippen molar-refractivity contribution in [3.8, 4) is 6.07 Å². The fourth-order valence-electron chi connectivity index (χ4n) is 8.52. The molecule has 1 N–H and O–H groups in total. The number of nitrogens with zero attached hydrogens (tertiary/aromatic N) is 6. The molecule has 2 atom stereocenters. The third-order valence-electron chi connectivity index (χ3n) is 11.6. The van der Waals surface area contributed by atoms with Crippen LogP contribution in [0.2, 0.25) is 0 Å². The number of alkyl halides is 6. The van der Waals surface area contributed by atoms with Crippen molar-refractivity contribution in [2.24, 2.45) is 5.92 Å². The maximum absolute atomic E-state index is 14.3. The molecular formula is C40H45F6N7O5S. The summed E-state index contributed by atoms with van der Waals surface area (Å²) in [6.07, 6.45) is -5.41. The summed E-state index contributed by atoms with van der Waals surface area (Å²) in [7, 11) is 0. The molecule has 1 aliphatic carbocycles. The van der Waals surface area contributed by atoms with Crippen molar-refractivity contribution in [2.75, 3.05) is 44.2 Å². The Kier molecular flexibility index (Phi) is 13.1. The molecule has 3 amide bonds.